The highest BCUT2D eigenvalue weighted by Gasteiger charge is 2.26. The van der Waals surface area contributed by atoms with E-state index in [9.17, 15) is 4.79 Å². The van der Waals surface area contributed by atoms with Crippen molar-refractivity contribution in [1.82, 2.24) is 10.1 Å². The first kappa shape index (κ1) is 18.6. The first-order valence-corrected chi connectivity index (χ1v) is 9.68. The van der Waals surface area contributed by atoms with Crippen LogP contribution in [0, 0.1) is 5.41 Å². The normalized spacial score (nSPS) is 19.1. The first-order chi connectivity index (χ1) is 13.4. The average Bonchev–Trinajstić information content (AvgIpc) is 3.27. The van der Waals surface area contributed by atoms with Crippen molar-refractivity contribution in [2.45, 2.75) is 32.6 Å². The van der Waals surface area contributed by atoms with E-state index in [0.29, 0.717) is 12.2 Å². The second-order valence-corrected chi connectivity index (χ2v) is 8.17. The zero-order chi connectivity index (χ0) is 19.7. The molecule has 3 aromatic rings. The van der Waals surface area contributed by atoms with Crippen LogP contribution in [0.25, 0.3) is 10.9 Å². The number of benzene rings is 1. The van der Waals surface area contributed by atoms with E-state index in [1.165, 1.54) is 16.5 Å². The third-order valence-electron chi connectivity index (χ3n) is 5.37. The molecule has 0 radical (unpaired) electrons. The van der Waals surface area contributed by atoms with Crippen LogP contribution >= 0.6 is 11.6 Å². The van der Waals surface area contributed by atoms with Crippen molar-refractivity contribution < 1.29 is 9.32 Å². The molecule has 2 aromatic heterocycles. The van der Waals surface area contributed by atoms with Crippen LogP contribution in [0.1, 0.15) is 41.6 Å². The fourth-order valence-corrected chi connectivity index (χ4v) is 4.03. The van der Waals surface area contributed by atoms with Crippen LogP contribution in [-0.4, -0.2) is 16.0 Å². The topological polar surface area (TPSA) is 84.9 Å². The molecular formula is C22H22ClN3O2. The van der Waals surface area contributed by atoms with Crippen LogP contribution in [0.3, 0.4) is 0 Å². The van der Waals surface area contributed by atoms with Crippen LogP contribution in [0.5, 0.6) is 0 Å². The molecule has 4 rings (SSSR count). The number of aromatic amines is 1. The lowest BCUT2D eigenvalue weighted by atomic mass is 9.75. The summed E-state index contributed by atoms with van der Waals surface area (Å²) in [6.45, 7) is 2.27. The molecule has 5 nitrogen and oxygen atoms in total. The number of carbonyl (C=O) groups excluding carboxylic acids is 1. The minimum Gasteiger partial charge on any atom is -0.364 e. The average molecular weight is 396 g/mol. The maximum Gasteiger partial charge on any atom is 0.270 e. The summed E-state index contributed by atoms with van der Waals surface area (Å²) in [5.74, 6) is 0.0835. The number of hydrogen-bond donors (Lipinski definition) is 2. The van der Waals surface area contributed by atoms with E-state index >= 15 is 0 Å². The molecule has 0 bridgehead atoms. The molecule has 28 heavy (non-hydrogen) atoms. The minimum atomic E-state index is -0.573. The van der Waals surface area contributed by atoms with Crippen molar-refractivity contribution in [1.29, 1.82) is 0 Å². The Morgan fingerprint density at radius 3 is 3.04 bits per heavy atom. The predicted molar refractivity (Wildman–Crippen MR) is 110 cm³/mol. The van der Waals surface area contributed by atoms with Gasteiger partial charge in [-0.05, 0) is 48.4 Å². The van der Waals surface area contributed by atoms with E-state index in [4.69, 9.17) is 21.9 Å². The zero-order valence-corrected chi connectivity index (χ0v) is 16.4. The molecule has 0 spiro atoms. The van der Waals surface area contributed by atoms with Crippen molar-refractivity contribution in [2.24, 2.45) is 11.1 Å². The number of allylic oxidation sites excluding steroid dienone is 4. The van der Waals surface area contributed by atoms with Gasteiger partial charge in [-0.25, -0.2) is 0 Å². The van der Waals surface area contributed by atoms with Crippen molar-refractivity contribution in [3.8, 4) is 0 Å². The lowest BCUT2D eigenvalue weighted by molar-refractivity contribution is 0.0991. The summed E-state index contributed by atoms with van der Waals surface area (Å²) in [5.41, 5.74) is 9.11. The fourth-order valence-electron chi connectivity index (χ4n) is 3.86. The lowest BCUT2D eigenvalue weighted by Gasteiger charge is -2.29. The van der Waals surface area contributed by atoms with E-state index in [1.54, 1.807) is 6.07 Å². The smallest absolute Gasteiger partial charge is 0.270 e. The number of nitrogens with two attached hydrogens (primary N) is 1. The molecule has 0 fully saturated rings. The Labute approximate surface area is 168 Å². The SMILES string of the molecule is CC1(CCc2c[nH]c3ccc(Cl)cc23)C=CC=C(Cc2cc(C(N)=O)no2)C1. The number of fused-ring (bicyclic) bond motifs is 1. The van der Waals surface area contributed by atoms with Crippen LogP contribution < -0.4 is 5.73 Å². The number of hydrogen-bond acceptors (Lipinski definition) is 3. The van der Waals surface area contributed by atoms with Gasteiger partial charge in [0.1, 0.15) is 5.76 Å². The number of primary amides is 1. The predicted octanol–water partition coefficient (Wildman–Crippen LogP) is 4.98. The van der Waals surface area contributed by atoms with Gasteiger partial charge in [0.15, 0.2) is 5.69 Å². The molecular weight excluding hydrogens is 374 g/mol. The van der Waals surface area contributed by atoms with Gasteiger partial charge in [0.05, 0.1) is 0 Å². The summed E-state index contributed by atoms with van der Waals surface area (Å²) < 4.78 is 5.24. The van der Waals surface area contributed by atoms with E-state index in [0.717, 1.165) is 29.8 Å². The van der Waals surface area contributed by atoms with Gasteiger partial charge < -0.3 is 15.2 Å². The van der Waals surface area contributed by atoms with Gasteiger partial charge >= 0.3 is 0 Å². The minimum absolute atomic E-state index is 0.0544. The van der Waals surface area contributed by atoms with Gasteiger partial charge in [0.25, 0.3) is 5.91 Å². The van der Waals surface area contributed by atoms with Gasteiger partial charge in [-0.2, -0.15) is 0 Å². The van der Waals surface area contributed by atoms with Crippen LogP contribution in [0.4, 0.5) is 0 Å². The summed E-state index contributed by atoms with van der Waals surface area (Å²) >= 11 is 6.17. The Morgan fingerprint density at radius 1 is 1.39 bits per heavy atom. The molecule has 1 amide bonds. The summed E-state index contributed by atoms with van der Waals surface area (Å²) in [6, 6.07) is 7.56. The van der Waals surface area contributed by atoms with E-state index < -0.39 is 5.91 Å². The summed E-state index contributed by atoms with van der Waals surface area (Å²) in [5, 5.41) is 5.66. The largest absolute Gasteiger partial charge is 0.364 e. The Bertz CT molecular complexity index is 1090. The summed E-state index contributed by atoms with van der Waals surface area (Å²) in [6.07, 6.45) is 12.1. The van der Waals surface area contributed by atoms with Gasteiger partial charge in [0, 0.05) is 34.6 Å². The van der Waals surface area contributed by atoms with Crippen molar-refractivity contribution in [2.75, 3.05) is 0 Å². The first-order valence-electron chi connectivity index (χ1n) is 9.30. The molecule has 0 saturated carbocycles. The third-order valence-corrected chi connectivity index (χ3v) is 5.60. The fraction of sp³-hybridized carbons (Fsp3) is 0.273. The Morgan fingerprint density at radius 2 is 2.25 bits per heavy atom. The molecule has 1 unspecified atom stereocenters. The van der Waals surface area contributed by atoms with Crippen molar-refractivity contribution in [3.05, 3.63) is 76.3 Å². The number of H-pyrrole nitrogens is 1. The van der Waals surface area contributed by atoms with Gasteiger partial charge in [-0.3, -0.25) is 4.79 Å². The van der Waals surface area contributed by atoms with Crippen LogP contribution in [0.2, 0.25) is 5.02 Å². The molecule has 144 valence electrons. The summed E-state index contributed by atoms with van der Waals surface area (Å²) in [4.78, 5) is 14.5. The highest BCUT2D eigenvalue weighted by Crippen LogP contribution is 2.37. The Hall–Kier alpha value is -2.79. The summed E-state index contributed by atoms with van der Waals surface area (Å²) in [7, 11) is 0. The number of rotatable bonds is 6. The van der Waals surface area contributed by atoms with E-state index in [2.05, 4.69) is 41.5 Å². The molecule has 0 aliphatic heterocycles. The number of amides is 1. The Kier molecular flexibility index (Phi) is 4.85. The number of carbonyl (C=O) groups is 1. The number of aromatic nitrogens is 2. The molecule has 1 aliphatic carbocycles. The number of nitrogens with one attached hydrogen (secondary N) is 1. The monoisotopic (exact) mass is 395 g/mol. The lowest BCUT2D eigenvalue weighted by Crippen LogP contribution is -2.18. The Balaban J connectivity index is 1.43. The molecule has 0 saturated heterocycles. The second-order valence-electron chi connectivity index (χ2n) is 7.74. The number of halogens is 1. The maximum atomic E-state index is 11.2. The highest BCUT2D eigenvalue weighted by molar-refractivity contribution is 6.31. The highest BCUT2D eigenvalue weighted by atomic mass is 35.5. The quantitative estimate of drug-likeness (QED) is 0.617. The van der Waals surface area contributed by atoms with Crippen LogP contribution in [0.15, 0.2) is 58.8 Å². The van der Waals surface area contributed by atoms with Gasteiger partial charge in [0.2, 0.25) is 0 Å². The van der Waals surface area contributed by atoms with Crippen molar-refractivity contribution >= 4 is 28.4 Å². The van der Waals surface area contributed by atoms with Gasteiger partial charge in [-0.15, -0.1) is 0 Å². The van der Waals surface area contributed by atoms with Crippen molar-refractivity contribution in [3.63, 3.8) is 0 Å². The molecule has 1 atom stereocenters. The molecule has 2 heterocycles. The maximum absolute atomic E-state index is 11.2. The third kappa shape index (κ3) is 3.90. The second kappa shape index (κ2) is 7.32. The van der Waals surface area contributed by atoms with E-state index in [-0.39, 0.29) is 11.1 Å². The molecule has 6 heteroatoms. The van der Waals surface area contributed by atoms with Gasteiger partial charge in [-0.1, -0.05) is 47.5 Å². The number of aryl methyl sites for hydroxylation is 1. The molecule has 3 N–H and O–H groups in total. The zero-order valence-electron chi connectivity index (χ0n) is 15.7. The van der Waals surface area contributed by atoms with E-state index in [1.807, 2.05) is 18.2 Å². The molecule has 1 aromatic carbocycles. The standard InChI is InChI=1S/C22H22ClN3O2/c1-22(8-6-15-13-25-19-5-4-16(23)10-18(15)19)7-2-3-14(12-22)9-17-11-20(21(24)27)26-28-17/h2-5,7,10-11,13,25H,6,8-9,12H2,1H3,(H2,24,27). The number of nitrogens with zero attached hydrogens (tertiary/aromatic N) is 1. The molecule has 1 aliphatic rings. The van der Waals surface area contributed by atoms with Crippen LogP contribution in [-0.2, 0) is 12.8 Å².